The number of carbonyl (C=O) groups excluding carboxylic acids is 2. The molecule has 0 spiro atoms. The van der Waals surface area contributed by atoms with Crippen molar-refractivity contribution in [2.75, 3.05) is 12.9 Å². The number of benzene rings is 2. The van der Waals surface area contributed by atoms with E-state index < -0.39 is 5.97 Å². The molecule has 0 bridgehead atoms. The summed E-state index contributed by atoms with van der Waals surface area (Å²) in [7, 11) is 0. The molecule has 1 aliphatic rings. The standard InChI is InChI=1S/C24H21Cl2NO4S/c1-3-30-24(29)21-19(23(31-27-21)13-8-9-13)22(28)15-10-11-17(25)20(26)16(15)12-14-6-4-5-7-18(14)32-2/h4-7,10-11,13H,3,8-9,12H2,1-2H3. The molecule has 0 aliphatic heterocycles. The summed E-state index contributed by atoms with van der Waals surface area (Å²) in [5.74, 6) is -0.542. The summed E-state index contributed by atoms with van der Waals surface area (Å²) >= 11 is 14.5. The van der Waals surface area contributed by atoms with Crippen molar-refractivity contribution in [2.24, 2.45) is 0 Å². The van der Waals surface area contributed by atoms with Gasteiger partial charge in [0.1, 0.15) is 5.56 Å². The van der Waals surface area contributed by atoms with E-state index in [1.54, 1.807) is 30.8 Å². The van der Waals surface area contributed by atoms with Crippen molar-refractivity contribution in [1.29, 1.82) is 0 Å². The molecule has 0 saturated heterocycles. The van der Waals surface area contributed by atoms with Crippen LogP contribution in [0, 0.1) is 0 Å². The Hall–Kier alpha value is -2.28. The van der Waals surface area contributed by atoms with Gasteiger partial charge in [0, 0.05) is 22.8 Å². The smallest absolute Gasteiger partial charge is 0.361 e. The third kappa shape index (κ3) is 4.45. The molecule has 5 nitrogen and oxygen atoms in total. The van der Waals surface area contributed by atoms with Crippen LogP contribution in [-0.2, 0) is 11.2 Å². The van der Waals surface area contributed by atoms with Crippen LogP contribution in [0.15, 0.2) is 45.8 Å². The molecule has 1 fully saturated rings. The van der Waals surface area contributed by atoms with Gasteiger partial charge in [0.15, 0.2) is 11.5 Å². The molecule has 4 rings (SSSR count). The largest absolute Gasteiger partial charge is 0.461 e. The zero-order chi connectivity index (χ0) is 22.8. The molecule has 3 aromatic rings. The van der Waals surface area contributed by atoms with Gasteiger partial charge in [-0.25, -0.2) is 4.79 Å². The molecule has 166 valence electrons. The molecule has 2 aromatic carbocycles. The predicted molar refractivity (Wildman–Crippen MR) is 125 cm³/mol. The lowest BCUT2D eigenvalue weighted by atomic mass is 9.92. The van der Waals surface area contributed by atoms with Crippen LogP contribution in [0.5, 0.6) is 0 Å². The zero-order valence-corrected chi connectivity index (χ0v) is 19.9. The van der Waals surface area contributed by atoms with Gasteiger partial charge in [0.25, 0.3) is 0 Å². The summed E-state index contributed by atoms with van der Waals surface area (Å²) in [6.45, 7) is 1.86. The molecule has 0 amide bonds. The van der Waals surface area contributed by atoms with Gasteiger partial charge in [-0.3, -0.25) is 4.79 Å². The van der Waals surface area contributed by atoms with E-state index in [1.807, 2.05) is 30.5 Å². The van der Waals surface area contributed by atoms with Crippen LogP contribution in [0.1, 0.15) is 69.0 Å². The van der Waals surface area contributed by atoms with Crippen LogP contribution in [0.3, 0.4) is 0 Å². The van der Waals surface area contributed by atoms with Crippen LogP contribution >= 0.6 is 35.0 Å². The molecule has 1 aromatic heterocycles. The molecule has 0 unspecified atom stereocenters. The highest BCUT2D eigenvalue weighted by molar-refractivity contribution is 7.98. The van der Waals surface area contributed by atoms with Crippen LogP contribution < -0.4 is 0 Å². The van der Waals surface area contributed by atoms with Crippen molar-refractivity contribution in [1.82, 2.24) is 5.16 Å². The summed E-state index contributed by atoms with van der Waals surface area (Å²) in [4.78, 5) is 27.4. The number of rotatable bonds is 8. The van der Waals surface area contributed by atoms with Gasteiger partial charge in [-0.1, -0.05) is 46.6 Å². The second-order valence-corrected chi connectivity index (χ2v) is 9.10. The quantitative estimate of drug-likeness (QED) is 0.202. The molecule has 1 heterocycles. The van der Waals surface area contributed by atoms with Gasteiger partial charge in [-0.2, -0.15) is 0 Å². The first-order valence-corrected chi connectivity index (χ1v) is 12.2. The maximum atomic E-state index is 13.8. The van der Waals surface area contributed by atoms with Crippen LogP contribution in [0.25, 0.3) is 0 Å². The molecule has 1 aliphatic carbocycles. The Balaban J connectivity index is 1.83. The van der Waals surface area contributed by atoms with Gasteiger partial charge >= 0.3 is 5.97 Å². The first-order valence-electron chi connectivity index (χ1n) is 10.3. The molecule has 0 radical (unpaired) electrons. The summed E-state index contributed by atoms with van der Waals surface area (Å²) in [6.07, 6.45) is 4.17. The van der Waals surface area contributed by atoms with E-state index in [1.165, 1.54) is 0 Å². The summed E-state index contributed by atoms with van der Waals surface area (Å²) in [5, 5.41) is 4.57. The number of ketones is 1. The number of nitrogens with zero attached hydrogens (tertiary/aromatic N) is 1. The number of esters is 1. The summed E-state index contributed by atoms with van der Waals surface area (Å²) < 4.78 is 10.5. The lowest BCUT2D eigenvalue weighted by molar-refractivity contribution is 0.0512. The van der Waals surface area contributed by atoms with E-state index in [-0.39, 0.29) is 29.6 Å². The summed E-state index contributed by atoms with van der Waals surface area (Å²) in [6, 6.07) is 11.2. The predicted octanol–water partition coefficient (Wildman–Crippen LogP) is 6.58. The maximum Gasteiger partial charge on any atom is 0.361 e. The van der Waals surface area contributed by atoms with E-state index in [9.17, 15) is 9.59 Å². The third-order valence-corrected chi connectivity index (χ3v) is 7.04. The van der Waals surface area contributed by atoms with Crippen molar-refractivity contribution in [3.8, 4) is 0 Å². The number of hydrogen-bond donors (Lipinski definition) is 0. The van der Waals surface area contributed by atoms with E-state index in [0.29, 0.717) is 33.4 Å². The lowest BCUT2D eigenvalue weighted by Gasteiger charge is -2.14. The number of aromatic nitrogens is 1. The van der Waals surface area contributed by atoms with E-state index in [4.69, 9.17) is 32.5 Å². The van der Waals surface area contributed by atoms with Crippen molar-refractivity contribution >= 4 is 46.7 Å². The highest BCUT2D eigenvalue weighted by atomic mass is 35.5. The average molecular weight is 490 g/mol. The molecular weight excluding hydrogens is 469 g/mol. The Morgan fingerprint density at radius 1 is 1.19 bits per heavy atom. The van der Waals surface area contributed by atoms with E-state index in [2.05, 4.69) is 5.16 Å². The topological polar surface area (TPSA) is 69.4 Å². The molecule has 1 saturated carbocycles. The molecule has 32 heavy (non-hydrogen) atoms. The number of thioether (sulfide) groups is 1. The Labute approximate surface area is 200 Å². The van der Waals surface area contributed by atoms with Crippen LogP contribution in [0.4, 0.5) is 0 Å². The van der Waals surface area contributed by atoms with Gasteiger partial charge in [0.05, 0.1) is 16.7 Å². The fraction of sp³-hybridized carbons (Fsp3) is 0.292. The molecular formula is C24H21Cl2NO4S. The fourth-order valence-electron chi connectivity index (χ4n) is 3.64. The Bertz CT molecular complexity index is 1190. The number of hydrogen-bond acceptors (Lipinski definition) is 6. The highest BCUT2D eigenvalue weighted by Gasteiger charge is 2.38. The highest BCUT2D eigenvalue weighted by Crippen LogP contribution is 2.44. The fourth-order valence-corrected chi connectivity index (χ4v) is 4.66. The van der Waals surface area contributed by atoms with Gasteiger partial charge < -0.3 is 9.26 Å². The Kier molecular flexibility index (Phi) is 6.93. The number of ether oxygens (including phenoxy) is 1. The zero-order valence-electron chi connectivity index (χ0n) is 17.6. The lowest BCUT2D eigenvalue weighted by Crippen LogP contribution is -2.15. The van der Waals surface area contributed by atoms with Crippen molar-refractivity contribution in [2.45, 2.75) is 37.0 Å². The normalized spacial score (nSPS) is 13.2. The van der Waals surface area contributed by atoms with Gasteiger partial charge in [0.2, 0.25) is 5.69 Å². The minimum absolute atomic E-state index is 0.0769. The van der Waals surface area contributed by atoms with E-state index in [0.717, 1.165) is 23.3 Å². The van der Waals surface area contributed by atoms with Crippen molar-refractivity contribution in [3.05, 3.63) is 80.2 Å². The third-order valence-electron chi connectivity index (χ3n) is 5.36. The Morgan fingerprint density at radius 2 is 1.94 bits per heavy atom. The SMILES string of the molecule is CCOC(=O)c1noc(C2CC2)c1C(=O)c1ccc(Cl)c(Cl)c1Cc1ccccc1SC. The van der Waals surface area contributed by atoms with Gasteiger partial charge in [-0.05, 0) is 55.3 Å². The minimum atomic E-state index is -0.680. The molecule has 0 N–H and O–H groups in total. The van der Waals surface area contributed by atoms with Gasteiger partial charge in [-0.15, -0.1) is 11.8 Å². The first kappa shape index (κ1) is 22.9. The van der Waals surface area contributed by atoms with Crippen molar-refractivity contribution < 1.29 is 18.8 Å². The first-order chi connectivity index (χ1) is 15.5. The summed E-state index contributed by atoms with van der Waals surface area (Å²) in [5.41, 5.74) is 2.05. The number of carbonyl (C=O) groups is 2. The maximum absolute atomic E-state index is 13.8. The van der Waals surface area contributed by atoms with Crippen LogP contribution in [0.2, 0.25) is 10.0 Å². The Morgan fingerprint density at radius 3 is 2.62 bits per heavy atom. The second kappa shape index (κ2) is 9.69. The van der Waals surface area contributed by atoms with E-state index >= 15 is 0 Å². The average Bonchev–Trinajstić information content (AvgIpc) is 3.54. The monoisotopic (exact) mass is 489 g/mol. The number of halogens is 2. The van der Waals surface area contributed by atoms with Crippen LogP contribution in [-0.4, -0.2) is 29.8 Å². The minimum Gasteiger partial charge on any atom is -0.461 e. The van der Waals surface area contributed by atoms with Crippen molar-refractivity contribution in [3.63, 3.8) is 0 Å². The second-order valence-electron chi connectivity index (χ2n) is 7.47. The molecule has 8 heteroatoms. The molecule has 0 atom stereocenters.